The van der Waals surface area contributed by atoms with Gasteiger partial charge in [0.25, 0.3) is 0 Å². The molecule has 3 rings (SSSR count). The van der Waals surface area contributed by atoms with Crippen LogP contribution in [0.25, 0.3) is 0 Å². The quantitative estimate of drug-likeness (QED) is 0.694. The Bertz CT molecular complexity index is 291. The molecule has 0 aromatic heterocycles. The minimum absolute atomic E-state index is 0.463. The van der Waals surface area contributed by atoms with Crippen LogP contribution in [0.1, 0.15) is 58.8 Å². The fourth-order valence-corrected chi connectivity index (χ4v) is 5.16. The predicted molar refractivity (Wildman–Crippen MR) is 76.3 cm³/mol. The summed E-state index contributed by atoms with van der Waals surface area (Å²) in [5.74, 6) is 3.18. The Morgan fingerprint density at radius 2 is 1.72 bits per heavy atom. The summed E-state index contributed by atoms with van der Waals surface area (Å²) in [6, 6.07) is 1.89. The predicted octanol–water partition coefficient (Wildman–Crippen LogP) is 2.92. The van der Waals surface area contributed by atoms with Crippen LogP contribution in [0, 0.1) is 23.7 Å². The lowest BCUT2D eigenvalue weighted by Crippen LogP contribution is -2.65. The van der Waals surface area contributed by atoms with Gasteiger partial charge in [0.1, 0.15) is 0 Å². The zero-order valence-electron chi connectivity index (χ0n) is 12.1. The number of nitrogens with two attached hydrogens (primary N) is 1. The molecule has 18 heavy (non-hydrogen) atoms. The van der Waals surface area contributed by atoms with Crippen molar-refractivity contribution >= 4 is 0 Å². The zero-order chi connectivity index (χ0) is 12.7. The minimum atomic E-state index is 0.463. The average molecular weight is 250 g/mol. The molecular formula is C16H30N2. The fourth-order valence-electron chi connectivity index (χ4n) is 5.16. The second-order valence-electron chi connectivity index (χ2n) is 7.40. The van der Waals surface area contributed by atoms with Crippen LogP contribution in [0.2, 0.25) is 0 Å². The van der Waals surface area contributed by atoms with Gasteiger partial charge in [-0.1, -0.05) is 33.1 Å². The van der Waals surface area contributed by atoms with Crippen LogP contribution in [0.15, 0.2) is 0 Å². The molecule has 0 spiro atoms. The van der Waals surface area contributed by atoms with E-state index in [1.807, 2.05) is 0 Å². The highest BCUT2D eigenvalue weighted by Crippen LogP contribution is 2.42. The van der Waals surface area contributed by atoms with Crippen LogP contribution in [0.3, 0.4) is 0 Å². The first-order valence-corrected chi connectivity index (χ1v) is 8.18. The highest BCUT2D eigenvalue weighted by atomic mass is 15.0. The fraction of sp³-hybridized carbons (Fsp3) is 1.00. The van der Waals surface area contributed by atoms with E-state index in [9.17, 15) is 0 Å². The smallest absolute Gasteiger partial charge is 0.0139 e. The Morgan fingerprint density at radius 1 is 0.944 bits per heavy atom. The van der Waals surface area contributed by atoms with Gasteiger partial charge in [-0.25, -0.2) is 0 Å². The highest BCUT2D eigenvalue weighted by Gasteiger charge is 2.46. The van der Waals surface area contributed by atoms with Gasteiger partial charge in [0.05, 0.1) is 0 Å². The summed E-state index contributed by atoms with van der Waals surface area (Å²) in [6.45, 7) is 4.85. The second kappa shape index (κ2) is 5.13. The monoisotopic (exact) mass is 250 g/mol. The van der Waals surface area contributed by atoms with E-state index >= 15 is 0 Å². The van der Waals surface area contributed by atoms with E-state index in [0.717, 1.165) is 29.7 Å². The lowest BCUT2D eigenvalue weighted by atomic mass is 9.63. The first-order valence-electron chi connectivity index (χ1n) is 8.18. The zero-order valence-corrected chi connectivity index (χ0v) is 12.1. The Kier molecular flexibility index (Phi) is 3.68. The van der Waals surface area contributed by atoms with Crippen molar-refractivity contribution in [2.24, 2.45) is 29.4 Å². The largest absolute Gasteiger partial charge is 0.327 e. The molecule has 2 nitrogen and oxygen atoms in total. The Labute approximate surface area is 112 Å². The number of hydrogen-bond acceptors (Lipinski definition) is 2. The van der Waals surface area contributed by atoms with Crippen molar-refractivity contribution in [2.45, 2.75) is 76.9 Å². The molecule has 3 aliphatic rings. The lowest BCUT2D eigenvalue weighted by molar-refractivity contribution is 0.0427. The molecule has 0 radical (unpaired) electrons. The van der Waals surface area contributed by atoms with Gasteiger partial charge < -0.3 is 11.1 Å². The van der Waals surface area contributed by atoms with Crippen molar-refractivity contribution in [3.05, 3.63) is 0 Å². The maximum Gasteiger partial charge on any atom is 0.0139 e. The molecule has 1 heterocycles. The van der Waals surface area contributed by atoms with E-state index in [1.165, 1.54) is 44.9 Å². The first kappa shape index (κ1) is 12.9. The normalized spacial score (nSPS) is 53.2. The first-order chi connectivity index (χ1) is 8.66. The number of piperidine rings is 1. The highest BCUT2D eigenvalue weighted by molar-refractivity contribution is 5.03. The van der Waals surface area contributed by atoms with Gasteiger partial charge >= 0.3 is 0 Å². The van der Waals surface area contributed by atoms with Crippen molar-refractivity contribution < 1.29 is 0 Å². The third-order valence-electron chi connectivity index (χ3n) is 5.99. The lowest BCUT2D eigenvalue weighted by Gasteiger charge is -2.52. The van der Waals surface area contributed by atoms with Gasteiger partial charge in [-0.2, -0.15) is 0 Å². The van der Waals surface area contributed by atoms with Gasteiger partial charge in [-0.3, -0.25) is 0 Å². The molecule has 2 aliphatic carbocycles. The van der Waals surface area contributed by atoms with Gasteiger partial charge in [0.2, 0.25) is 0 Å². The van der Waals surface area contributed by atoms with Crippen LogP contribution in [0.4, 0.5) is 0 Å². The summed E-state index contributed by atoms with van der Waals surface area (Å²) in [6.07, 6.45) is 9.70. The maximum atomic E-state index is 6.70. The van der Waals surface area contributed by atoms with Crippen molar-refractivity contribution in [1.29, 1.82) is 0 Å². The molecule has 2 saturated carbocycles. The Morgan fingerprint density at radius 3 is 2.56 bits per heavy atom. The van der Waals surface area contributed by atoms with E-state index in [2.05, 4.69) is 19.2 Å². The summed E-state index contributed by atoms with van der Waals surface area (Å²) >= 11 is 0. The van der Waals surface area contributed by atoms with Crippen molar-refractivity contribution in [2.75, 3.05) is 0 Å². The Balaban J connectivity index is 1.79. The van der Waals surface area contributed by atoms with Crippen LogP contribution < -0.4 is 11.1 Å². The average Bonchev–Trinajstić information content (AvgIpc) is 2.56. The van der Waals surface area contributed by atoms with Crippen LogP contribution in [-0.2, 0) is 0 Å². The molecule has 0 aromatic rings. The standard InChI is InChI=1S/C16H30N2/c1-10-8-11(2)16-13(9-10)15(17)12-6-4-3-5-7-14(12)18-16/h10-16,18H,3-9,17H2,1-2H3. The summed E-state index contributed by atoms with van der Waals surface area (Å²) in [4.78, 5) is 0. The molecule has 0 aromatic carbocycles. The van der Waals surface area contributed by atoms with Gasteiger partial charge in [0, 0.05) is 18.1 Å². The van der Waals surface area contributed by atoms with E-state index < -0.39 is 0 Å². The molecule has 1 saturated heterocycles. The van der Waals surface area contributed by atoms with Crippen molar-refractivity contribution in [3.63, 3.8) is 0 Å². The Hall–Kier alpha value is -0.0800. The van der Waals surface area contributed by atoms with E-state index in [1.54, 1.807) is 0 Å². The summed E-state index contributed by atoms with van der Waals surface area (Å²) in [5, 5.41) is 4.02. The van der Waals surface area contributed by atoms with Crippen LogP contribution in [0.5, 0.6) is 0 Å². The van der Waals surface area contributed by atoms with Crippen molar-refractivity contribution in [1.82, 2.24) is 5.32 Å². The number of nitrogens with one attached hydrogen (secondary N) is 1. The minimum Gasteiger partial charge on any atom is -0.327 e. The van der Waals surface area contributed by atoms with E-state index in [0.29, 0.717) is 12.1 Å². The topological polar surface area (TPSA) is 38.0 Å². The number of fused-ring (bicyclic) bond motifs is 2. The summed E-state index contributed by atoms with van der Waals surface area (Å²) in [5.41, 5.74) is 6.70. The number of rotatable bonds is 0. The molecule has 7 unspecified atom stereocenters. The molecule has 1 aliphatic heterocycles. The molecule has 0 amide bonds. The summed E-state index contributed by atoms with van der Waals surface area (Å²) < 4.78 is 0. The molecular weight excluding hydrogens is 220 g/mol. The SMILES string of the molecule is CC1CC(C)C2NC3CCCCCC3C(N)C2C1. The molecule has 2 heteroatoms. The van der Waals surface area contributed by atoms with Gasteiger partial charge in [0.15, 0.2) is 0 Å². The molecule has 104 valence electrons. The van der Waals surface area contributed by atoms with Crippen LogP contribution >= 0.6 is 0 Å². The molecule has 0 bridgehead atoms. The second-order valence-corrected chi connectivity index (χ2v) is 7.40. The maximum absolute atomic E-state index is 6.70. The summed E-state index contributed by atoms with van der Waals surface area (Å²) in [7, 11) is 0. The van der Waals surface area contributed by atoms with Gasteiger partial charge in [-0.05, 0) is 49.4 Å². The molecule has 3 N–H and O–H groups in total. The van der Waals surface area contributed by atoms with Crippen molar-refractivity contribution in [3.8, 4) is 0 Å². The van der Waals surface area contributed by atoms with Gasteiger partial charge in [-0.15, -0.1) is 0 Å². The van der Waals surface area contributed by atoms with E-state index in [-0.39, 0.29) is 0 Å². The third-order valence-corrected chi connectivity index (χ3v) is 5.99. The van der Waals surface area contributed by atoms with Crippen LogP contribution in [-0.4, -0.2) is 18.1 Å². The number of hydrogen-bond donors (Lipinski definition) is 2. The molecule has 3 fully saturated rings. The molecule has 7 atom stereocenters. The van der Waals surface area contributed by atoms with E-state index in [4.69, 9.17) is 5.73 Å². The third kappa shape index (κ3) is 2.22.